The Hall–Kier alpha value is -2.30. The van der Waals surface area contributed by atoms with Crippen LogP contribution in [0.4, 0.5) is 17.6 Å². The molecule has 5 nitrogen and oxygen atoms in total. The summed E-state index contributed by atoms with van der Waals surface area (Å²) in [6.45, 7) is 3.77. The summed E-state index contributed by atoms with van der Waals surface area (Å²) < 4.78 is 0. The van der Waals surface area contributed by atoms with Crippen molar-refractivity contribution >= 4 is 17.6 Å². The van der Waals surface area contributed by atoms with Gasteiger partial charge in [0.25, 0.3) is 0 Å². The normalized spacial score (nSPS) is 10.3. The number of nitrogens with two attached hydrogens (primary N) is 1. The van der Waals surface area contributed by atoms with Gasteiger partial charge in [-0.25, -0.2) is 0 Å². The Bertz CT molecular complexity index is 541. The van der Waals surface area contributed by atoms with Gasteiger partial charge in [0.2, 0.25) is 5.95 Å². The van der Waals surface area contributed by atoms with Crippen molar-refractivity contribution in [2.75, 3.05) is 29.5 Å². The average molecular weight is 271 g/mol. The fourth-order valence-electron chi connectivity index (χ4n) is 1.93. The molecule has 0 atom stereocenters. The van der Waals surface area contributed by atoms with Crippen molar-refractivity contribution in [2.45, 2.75) is 19.9 Å². The van der Waals surface area contributed by atoms with Crippen LogP contribution in [-0.4, -0.2) is 23.6 Å². The van der Waals surface area contributed by atoms with Gasteiger partial charge in [0, 0.05) is 26.2 Å². The third kappa shape index (κ3) is 3.85. The molecule has 20 heavy (non-hydrogen) atoms. The topological polar surface area (TPSA) is 67.1 Å². The Morgan fingerprint density at radius 1 is 1.20 bits per heavy atom. The fraction of sp³-hybridized carbons (Fsp3) is 0.333. The monoisotopic (exact) mass is 271 g/mol. The lowest BCUT2D eigenvalue weighted by atomic mass is 10.2. The Morgan fingerprint density at radius 2 is 1.95 bits per heavy atom. The molecule has 106 valence electrons. The molecule has 0 saturated carbocycles. The summed E-state index contributed by atoms with van der Waals surface area (Å²) in [6, 6.07) is 12.2. The number of aromatic nitrogens is 2. The lowest BCUT2D eigenvalue weighted by Crippen LogP contribution is -2.19. The van der Waals surface area contributed by atoms with E-state index in [0.717, 1.165) is 31.1 Å². The third-order valence-corrected chi connectivity index (χ3v) is 2.94. The minimum atomic E-state index is 0.293. The lowest BCUT2D eigenvalue weighted by Gasteiger charge is -2.19. The molecular weight excluding hydrogens is 250 g/mol. The smallest absolute Gasteiger partial charge is 0.223 e. The van der Waals surface area contributed by atoms with Gasteiger partial charge in [-0.15, -0.1) is 0 Å². The molecule has 0 amide bonds. The van der Waals surface area contributed by atoms with Crippen LogP contribution in [0.3, 0.4) is 0 Å². The maximum absolute atomic E-state index is 5.77. The lowest BCUT2D eigenvalue weighted by molar-refractivity contribution is 0.891. The molecule has 0 aliphatic rings. The summed E-state index contributed by atoms with van der Waals surface area (Å²) >= 11 is 0. The molecule has 0 aliphatic carbocycles. The second-order valence-corrected chi connectivity index (χ2v) is 4.74. The Morgan fingerprint density at radius 3 is 2.65 bits per heavy atom. The van der Waals surface area contributed by atoms with E-state index in [4.69, 9.17) is 5.73 Å². The molecule has 0 radical (unpaired) electrons. The first kappa shape index (κ1) is 14.1. The van der Waals surface area contributed by atoms with Crippen LogP contribution in [0, 0.1) is 0 Å². The maximum atomic E-state index is 5.77. The number of rotatable bonds is 6. The number of anilines is 3. The first-order valence-corrected chi connectivity index (χ1v) is 6.82. The van der Waals surface area contributed by atoms with Gasteiger partial charge in [0.15, 0.2) is 0 Å². The molecular formula is C15H21N5. The highest BCUT2D eigenvalue weighted by molar-refractivity contribution is 5.52. The molecule has 0 unspecified atom stereocenters. The minimum Gasteiger partial charge on any atom is -0.370 e. The van der Waals surface area contributed by atoms with E-state index in [1.165, 1.54) is 5.56 Å². The van der Waals surface area contributed by atoms with E-state index < -0.39 is 0 Å². The van der Waals surface area contributed by atoms with Crippen LogP contribution in [0.5, 0.6) is 0 Å². The van der Waals surface area contributed by atoms with Crippen molar-refractivity contribution in [3.63, 3.8) is 0 Å². The number of nitrogens with one attached hydrogen (secondary N) is 1. The summed E-state index contributed by atoms with van der Waals surface area (Å²) in [5.41, 5.74) is 7.01. The van der Waals surface area contributed by atoms with Gasteiger partial charge in [0.1, 0.15) is 11.6 Å². The van der Waals surface area contributed by atoms with Crippen LogP contribution in [0.2, 0.25) is 0 Å². The van der Waals surface area contributed by atoms with E-state index >= 15 is 0 Å². The number of nitrogens with zero attached hydrogens (tertiary/aromatic N) is 3. The Kier molecular flexibility index (Phi) is 4.76. The van der Waals surface area contributed by atoms with Gasteiger partial charge in [0.05, 0.1) is 0 Å². The van der Waals surface area contributed by atoms with Crippen LogP contribution < -0.4 is 16.0 Å². The van der Waals surface area contributed by atoms with E-state index in [9.17, 15) is 0 Å². The molecule has 1 aromatic heterocycles. The van der Waals surface area contributed by atoms with Crippen molar-refractivity contribution in [1.29, 1.82) is 0 Å². The third-order valence-electron chi connectivity index (χ3n) is 2.94. The highest BCUT2D eigenvalue weighted by Crippen LogP contribution is 2.17. The van der Waals surface area contributed by atoms with Crippen LogP contribution in [0.1, 0.15) is 18.9 Å². The molecule has 5 heteroatoms. The zero-order valence-electron chi connectivity index (χ0n) is 12.0. The van der Waals surface area contributed by atoms with E-state index in [-0.39, 0.29) is 0 Å². The van der Waals surface area contributed by atoms with Crippen LogP contribution in [-0.2, 0) is 6.54 Å². The molecule has 0 spiro atoms. The predicted octanol–water partition coefficient (Wildman–Crippen LogP) is 2.52. The van der Waals surface area contributed by atoms with Crippen molar-refractivity contribution in [3.8, 4) is 0 Å². The number of hydrogen-bond acceptors (Lipinski definition) is 5. The van der Waals surface area contributed by atoms with Crippen molar-refractivity contribution in [1.82, 2.24) is 9.97 Å². The second kappa shape index (κ2) is 6.75. The van der Waals surface area contributed by atoms with Crippen molar-refractivity contribution < 1.29 is 0 Å². The maximum Gasteiger partial charge on any atom is 0.223 e. The molecule has 2 rings (SSSR count). The second-order valence-electron chi connectivity index (χ2n) is 4.74. The zero-order valence-corrected chi connectivity index (χ0v) is 12.0. The first-order valence-electron chi connectivity index (χ1n) is 6.82. The average Bonchev–Trinajstić information content (AvgIpc) is 2.45. The minimum absolute atomic E-state index is 0.293. The predicted molar refractivity (Wildman–Crippen MR) is 83.8 cm³/mol. The Balaban J connectivity index is 2.12. The van der Waals surface area contributed by atoms with Crippen molar-refractivity contribution in [2.24, 2.45) is 0 Å². The van der Waals surface area contributed by atoms with Gasteiger partial charge in [-0.05, 0) is 12.0 Å². The molecule has 0 saturated heterocycles. The van der Waals surface area contributed by atoms with Gasteiger partial charge in [-0.2, -0.15) is 9.97 Å². The largest absolute Gasteiger partial charge is 0.370 e. The van der Waals surface area contributed by atoms with Crippen molar-refractivity contribution in [3.05, 3.63) is 42.0 Å². The quantitative estimate of drug-likeness (QED) is 0.845. The van der Waals surface area contributed by atoms with E-state index in [1.54, 1.807) is 0 Å². The first-order chi connectivity index (χ1) is 9.69. The fourth-order valence-corrected chi connectivity index (χ4v) is 1.93. The number of hydrogen-bond donors (Lipinski definition) is 2. The van der Waals surface area contributed by atoms with Crippen LogP contribution >= 0.6 is 0 Å². The van der Waals surface area contributed by atoms with Gasteiger partial charge < -0.3 is 16.0 Å². The zero-order chi connectivity index (χ0) is 14.4. The summed E-state index contributed by atoms with van der Waals surface area (Å²) in [4.78, 5) is 10.5. The molecule has 1 heterocycles. The number of nitrogen functional groups attached to an aromatic ring is 1. The molecule has 3 N–H and O–H groups in total. The molecule has 0 fully saturated rings. The highest BCUT2D eigenvalue weighted by Gasteiger charge is 2.07. The standard InChI is InChI=1S/C15H21N5/c1-3-9-17-13-10-14(19-15(16)18-13)20(2)11-12-7-5-4-6-8-12/h4-8,10H,3,9,11H2,1-2H3,(H3,16,17,18,19). The summed E-state index contributed by atoms with van der Waals surface area (Å²) in [7, 11) is 2.00. The van der Waals surface area contributed by atoms with Gasteiger partial charge in [-0.1, -0.05) is 37.3 Å². The molecule has 1 aromatic carbocycles. The van der Waals surface area contributed by atoms with Crippen LogP contribution in [0.25, 0.3) is 0 Å². The van der Waals surface area contributed by atoms with Gasteiger partial charge in [-0.3, -0.25) is 0 Å². The SMILES string of the molecule is CCCNc1cc(N(C)Cc2ccccc2)nc(N)n1. The van der Waals surface area contributed by atoms with E-state index in [2.05, 4.69) is 39.2 Å². The molecule has 0 bridgehead atoms. The van der Waals surface area contributed by atoms with E-state index in [1.807, 2.05) is 31.3 Å². The summed E-state index contributed by atoms with van der Waals surface area (Å²) in [5.74, 6) is 1.88. The molecule has 2 aromatic rings. The summed E-state index contributed by atoms with van der Waals surface area (Å²) in [5, 5.41) is 3.24. The van der Waals surface area contributed by atoms with Crippen LogP contribution in [0.15, 0.2) is 36.4 Å². The van der Waals surface area contributed by atoms with E-state index in [0.29, 0.717) is 5.95 Å². The molecule has 0 aliphatic heterocycles. The Labute approximate surface area is 119 Å². The highest BCUT2D eigenvalue weighted by atomic mass is 15.2. The number of benzene rings is 1. The summed E-state index contributed by atoms with van der Waals surface area (Å²) in [6.07, 6.45) is 1.04. The van der Waals surface area contributed by atoms with Gasteiger partial charge >= 0.3 is 0 Å².